The van der Waals surface area contributed by atoms with Gasteiger partial charge in [0.25, 0.3) is 0 Å². The second-order valence-corrected chi connectivity index (χ2v) is 5.74. The van der Waals surface area contributed by atoms with Crippen molar-refractivity contribution in [1.29, 1.82) is 0 Å². The van der Waals surface area contributed by atoms with Crippen LogP contribution in [-0.4, -0.2) is 5.78 Å². The fourth-order valence-electron chi connectivity index (χ4n) is 1.58. The molecular weight excluding hydrogens is 316 g/mol. The van der Waals surface area contributed by atoms with Gasteiger partial charge in [0, 0.05) is 0 Å². The Balaban J connectivity index is 2.49. The lowest BCUT2D eigenvalue weighted by molar-refractivity contribution is -0.137. The number of aryl methyl sites for hydroxylation is 1. The molecule has 2 rings (SSSR count). The molecule has 0 saturated carbocycles. The van der Waals surface area contributed by atoms with Gasteiger partial charge in [-0.15, -0.1) is 11.3 Å². The Kier molecular flexibility index (Phi) is 3.88. The zero-order chi connectivity index (χ0) is 15.1. The minimum atomic E-state index is -4.63. The van der Waals surface area contributed by atoms with E-state index in [0.717, 1.165) is 11.3 Å². The molecule has 0 amide bonds. The Labute approximate surface area is 120 Å². The van der Waals surface area contributed by atoms with Crippen LogP contribution in [0.3, 0.4) is 0 Å². The molecule has 106 valence electrons. The second kappa shape index (κ2) is 5.18. The second-order valence-electron chi connectivity index (χ2n) is 4.09. The Morgan fingerprint density at radius 3 is 2.40 bits per heavy atom. The quantitative estimate of drug-likeness (QED) is 0.555. The number of alkyl halides is 3. The highest BCUT2D eigenvalue weighted by atomic mass is 35.5. The normalized spacial score (nSPS) is 11.7. The van der Waals surface area contributed by atoms with Gasteiger partial charge in [0.15, 0.2) is 0 Å². The van der Waals surface area contributed by atoms with E-state index in [2.05, 4.69) is 0 Å². The van der Waals surface area contributed by atoms with Crippen molar-refractivity contribution in [3.8, 4) is 0 Å². The molecule has 0 aliphatic rings. The molecule has 20 heavy (non-hydrogen) atoms. The predicted molar refractivity (Wildman–Crippen MR) is 68.9 cm³/mol. The van der Waals surface area contributed by atoms with Crippen LogP contribution in [0.25, 0.3) is 0 Å². The first-order valence-electron chi connectivity index (χ1n) is 5.37. The minimum Gasteiger partial charge on any atom is -0.288 e. The van der Waals surface area contributed by atoms with Gasteiger partial charge in [-0.1, -0.05) is 11.6 Å². The van der Waals surface area contributed by atoms with Gasteiger partial charge in [-0.05, 0) is 36.8 Å². The third-order valence-corrected chi connectivity index (χ3v) is 4.17. The molecule has 2 aromatic rings. The Hall–Kier alpha value is -1.40. The zero-order valence-electron chi connectivity index (χ0n) is 10.0. The minimum absolute atomic E-state index is 0.103. The number of thiophene rings is 1. The molecule has 1 aromatic heterocycles. The van der Waals surface area contributed by atoms with Crippen LogP contribution in [0.1, 0.15) is 26.4 Å². The van der Waals surface area contributed by atoms with Crippen molar-refractivity contribution in [1.82, 2.24) is 0 Å². The van der Waals surface area contributed by atoms with Crippen LogP contribution < -0.4 is 0 Å². The van der Waals surface area contributed by atoms with Crippen molar-refractivity contribution in [2.24, 2.45) is 0 Å². The number of benzene rings is 1. The molecule has 7 heteroatoms. The van der Waals surface area contributed by atoms with Gasteiger partial charge in [-0.2, -0.15) is 13.2 Å². The van der Waals surface area contributed by atoms with E-state index in [4.69, 9.17) is 11.6 Å². The van der Waals surface area contributed by atoms with Gasteiger partial charge in [-0.3, -0.25) is 4.79 Å². The predicted octanol–water partition coefficient (Wildman–Crippen LogP) is 5.10. The van der Waals surface area contributed by atoms with Crippen LogP contribution in [-0.2, 0) is 6.18 Å². The summed E-state index contributed by atoms with van der Waals surface area (Å²) in [7, 11) is 0. The summed E-state index contributed by atoms with van der Waals surface area (Å²) in [4.78, 5) is 12.2. The number of hydrogen-bond donors (Lipinski definition) is 0. The molecule has 1 heterocycles. The molecule has 1 aromatic carbocycles. The number of ketones is 1. The van der Waals surface area contributed by atoms with Crippen LogP contribution in [0.15, 0.2) is 24.3 Å². The summed E-state index contributed by atoms with van der Waals surface area (Å²) in [5.41, 5.74) is -1.06. The fourth-order valence-corrected chi connectivity index (χ4v) is 2.74. The molecule has 0 atom stereocenters. The third-order valence-electron chi connectivity index (χ3n) is 2.62. The van der Waals surface area contributed by atoms with E-state index in [9.17, 15) is 22.4 Å². The summed E-state index contributed by atoms with van der Waals surface area (Å²) in [5.74, 6) is -1.81. The lowest BCUT2D eigenvalue weighted by Gasteiger charge is -2.08. The average Bonchev–Trinajstić information content (AvgIpc) is 2.68. The lowest BCUT2D eigenvalue weighted by Crippen LogP contribution is -2.09. The number of carbonyl (C=O) groups is 1. The van der Waals surface area contributed by atoms with Crippen molar-refractivity contribution in [2.75, 3.05) is 0 Å². The highest BCUT2D eigenvalue weighted by molar-refractivity contribution is 7.18. The first-order valence-corrected chi connectivity index (χ1v) is 6.57. The molecule has 1 nitrogen and oxygen atoms in total. The number of hydrogen-bond acceptors (Lipinski definition) is 2. The summed E-state index contributed by atoms with van der Waals surface area (Å²) in [5, 5.41) is 0. The molecule has 0 fully saturated rings. The van der Waals surface area contributed by atoms with E-state index in [1.165, 1.54) is 6.07 Å². The van der Waals surface area contributed by atoms with E-state index in [1.807, 2.05) is 0 Å². The number of rotatable bonds is 2. The smallest absolute Gasteiger partial charge is 0.288 e. The Morgan fingerprint density at radius 1 is 1.25 bits per heavy atom. The van der Waals surface area contributed by atoms with E-state index in [1.54, 1.807) is 6.92 Å². The fraction of sp³-hybridized carbons (Fsp3) is 0.154. The molecule has 0 aliphatic carbocycles. The van der Waals surface area contributed by atoms with E-state index >= 15 is 0 Å². The van der Waals surface area contributed by atoms with E-state index < -0.39 is 28.9 Å². The van der Waals surface area contributed by atoms with E-state index in [-0.39, 0.29) is 4.88 Å². The Morgan fingerprint density at radius 2 is 1.90 bits per heavy atom. The molecule has 0 spiro atoms. The molecule has 0 bridgehead atoms. The van der Waals surface area contributed by atoms with Gasteiger partial charge in [0.1, 0.15) is 5.82 Å². The first-order chi connectivity index (χ1) is 9.20. The molecule has 0 aliphatic heterocycles. The van der Waals surface area contributed by atoms with Crippen molar-refractivity contribution in [3.63, 3.8) is 0 Å². The topological polar surface area (TPSA) is 17.1 Å². The van der Waals surface area contributed by atoms with Crippen LogP contribution in [0.2, 0.25) is 4.34 Å². The zero-order valence-corrected chi connectivity index (χ0v) is 11.6. The van der Waals surface area contributed by atoms with Crippen molar-refractivity contribution < 1.29 is 22.4 Å². The molecule has 0 saturated heterocycles. The van der Waals surface area contributed by atoms with Crippen molar-refractivity contribution >= 4 is 28.7 Å². The molecule has 0 N–H and O–H groups in total. The van der Waals surface area contributed by atoms with Crippen molar-refractivity contribution in [3.05, 3.63) is 56.0 Å². The summed E-state index contributed by atoms with van der Waals surface area (Å²) in [6.45, 7) is 1.65. The van der Waals surface area contributed by atoms with E-state index in [0.29, 0.717) is 28.1 Å². The Bertz CT molecular complexity index is 656. The summed E-state index contributed by atoms with van der Waals surface area (Å²) in [6.07, 6.45) is -4.63. The van der Waals surface area contributed by atoms with Gasteiger partial charge in [0.05, 0.1) is 20.3 Å². The van der Waals surface area contributed by atoms with Gasteiger partial charge >= 0.3 is 6.18 Å². The summed E-state index contributed by atoms with van der Waals surface area (Å²) >= 11 is 6.70. The number of halogens is 5. The van der Waals surface area contributed by atoms with Crippen LogP contribution >= 0.6 is 22.9 Å². The van der Waals surface area contributed by atoms with Gasteiger partial charge < -0.3 is 0 Å². The SMILES string of the molecule is Cc1cc(C(=O)c2cc(C(F)(F)F)ccc2F)sc1Cl. The maximum atomic E-state index is 13.6. The monoisotopic (exact) mass is 322 g/mol. The maximum absolute atomic E-state index is 13.6. The van der Waals surface area contributed by atoms with Gasteiger partial charge in [0.2, 0.25) is 5.78 Å². The number of carbonyl (C=O) groups excluding carboxylic acids is 1. The highest BCUT2D eigenvalue weighted by Gasteiger charge is 2.32. The highest BCUT2D eigenvalue weighted by Crippen LogP contribution is 2.33. The van der Waals surface area contributed by atoms with Gasteiger partial charge in [-0.25, -0.2) is 4.39 Å². The first kappa shape index (κ1) is 15.0. The van der Waals surface area contributed by atoms with Crippen LogP contribution in [0.4, 0.5) is 17.6 Å². The lowest BCUT2D eigenvalue weighted by atomic mass is 10.0. The summed E-state index contributed by atoms with van der Waals surface area (Å²) < 4.78 is 51.7. The molecule has 0 radical (unpaired) electrons. The van der Waals surface area contributed by atoms with Crippen LogP contribution in [0.5, 0.6) is 0 Å². The molecule has 0 unspecified atom stereocenters. The standard InChI is InChI=1S/C13H7ClF4OS/c1-6-4-10(20-12(6)14)11(19)8-5-7(13(16,17)18)2-3-9(8)15/h2-5H,1H3. The maximum Gasteiger partial charge on any atom is 0.416 e. The van der Waals surface area contributed by atoms with Crippen LogP contribution in [0, 0.1) is 12.7 Å². The van der Waals surface area contributed by atoms with Crippen molar-refractivity contribution in [2.45, 2.75) is 13.1 Å². The molecular formula is C13H7ClF4OS. The summed E-state index contributed by atoms with van der Waals surface area (Å²) in [6, 6.07) is 3.17. The largest absolute Gasteiger partial charge is 0.416 e. The third kappa shape index (κ3) is 2.86. The average molecular weight is 323 g/mol.